The topological polar surface area (TPSA) is 93.6 Å². The van der Waals surface area contributed by atoms with Crippen LogP contribution < -0.4 is 4.18 Å². The Bertz CT molecular complexity index is 521. The van der Waals surface area contributed by atoms with Crippen LogP contribution in [0.15, 0.2) is 18.3 Å². The smallest absolute Gasteiger partial charge is 0.477 e. The zero-order valence-corrected chi connectivity index (χ0v) is 8.62. The number of carboxylic acid groups (broad SMARTS) is 1. The maximum atomic E-state index is 11.9. The number of nitrogens with zero attached hydrogens (tertiary/aromatic N) is 1. The molecular formula is C7H4F3NO5S. The van der Waals surface area contributed by atoms with Crippen LogP contribution >= 0.6 is 0 Å². The van der Waals surface area contributed by atoms with Gasteiger partial charge in [-0.25, -0.2) is 9.78 Å². The van der Waals surface area contributed by atoms with Crippen molar-refractivity contribution in [2.24, 2.45) is 0 Å². The SMILES string of the molecule is O=C(O)c1ccc(OS(=O)(=O)C(F)(F)F)cn1. The number of pyridine rings is 1. The third-order valence-electron chi connectivity index (χ3n) is 1.44. The third-order valence-corrected chi connectivity index (χ3v) is 2.42. The van der Waals surface area contributed by atoms with Crippen LogP contribution in [-0.4, -0.2) is 30.0 Å². The molecule has 1 heterocycles. The van der Waals surface area contributed by atoms with E-state index in [-0.39, 0.29) is 0 Å². The molecule has 1 N–H and O–H groups in total. The second kappa shape index (κ2) is 4.20. The van der Waals surface area contributed by atoms with Gasteiger partial charge < -0.3 is 9.29 Å². The van der Waals surface area contributed by atoms with Gasteiger partial charge in [-0.3, -0.25) is 0 Å². The number of carboxylic acids is 1. The number of rotatable bonds is 3. The normalized spacial score (nSPS) is 12.2. The van der Waals surface area contributed by atoms with Crippen molar-refractivity contribution in [3.63, 3.8) is 0 Å². The first kappa shape index (κ1) is 13.2. The lowest BCUT2D eigenvalue weighted by atomic mass is 10.3. The molecule has 0 aliphatic rings. The fourth-order valence-corrected chi connectivity index (χ4v) is 1.18. The van der Waals surface area contributed by atoms with Crippen LogP contribution in [0.1, 0.15) is 10.5 Å². The molecule has 0 radical (unpaired) electrons. The Hall–Kier alpha value is -1.84. The van der Waals surface area contributed by atoms with E-state index in [1.54, 1.807) is 0 Å². The maximum absolute atomic E-state index is 11.9. The molecule has 0 aromatic carbocycles. The van der Waals surface area contributed by atoms with E-state index in [4.69, 9.17) is 5.11 Å². The number of hydrogen-bond donors (Lipinski definition) is 1. The van der Waals surface area contributed by atoms with Crippen LogP contribution in [0.25, 0.3) is 0 Å². The lowest BCUT2D eigenvalue weighted by Crippen LogP contribution is -2.28. The van der Waals surface area contributed by atoms with Crippen LogP contribution in [-0.2, 0) is 10.1 Å². The molecule has 0 atom stereocenters. The number of halogens is 3. The molecule has 0 saturated carbocycles. The molecule has 0 aliphatic heterocycles. The standard InChI is InChI=1S/C7H4F3NO5S/c8-7(9,10)17(14,15)16-4-1-2-5(6(12)13)11-3-4/h1-3H,(H,12,13). The second-order valence-electron chi connectivity index (χ2n) is 2.67. The largest absolute Gasteiger partial charge is 0.534 e. The fraction of sp³-hybridized carbons (Fsp3) is 0.143. The van der Waals surface area contributed by atoms with Gasteiger partial charge >= 0.3 is 21.6 Å². The first-order valence-electron chi connectivity index (χ1n) is 3.83. The Labute approximate surface area is 92.8 Å². The van der Waals surface area contributed by atoms with E-state index in [9.17, 15) is 26.4 Å². The Morgan fingerprint density at radius 1 is 1.35 bits per heavy atom. The van der Waals surface area contributed by atoms with Crippen molar-refractivity contribution in [3.8, 4) is 5.75 Å². The summed E-state index contributed by atoms with van der Waals surface area (Å²) in [5.41, 5.74) is -6.01. The van der Waals surface area contributed by atoms with E-state index >= 15 is 0 Å². The quantitative estimate of drug-likeness (QED) is 0.651. The Balaban J connectivity index is 2.95. The van der Waals surface area contributed by atoms with Crippen molar-refractivity contribution in [2.75, 3.05) is 0 Å². The summed E-state index contributed by atoms with van der Waals surface area (Å²) in [5, 5.41) is 8.44. The van der Waals surface area contributed by atoms with E-state index in [1.165, 1.54) is 0 Å². The van der Waals surface area contributed by atoms with Crippen molar-refractivity contribution in [1.29, 1.82) is 0 Å². The number of hydrogen-bond acceptors (Lipinski definition) is 5. The summed E-state index contributed by atoms with van der Waals surface area (Å²) in [5.74, 6) is -2.14. The fourth-order valence-electron chi connectivity index (χ4n) is 0.730. The molecule has 94 valence electrons. The Morgan fingerprint density at radius 3 is 2.29 bits per heavy atom. The Morgan fingerprint density at radius 2 is 1.94 bits per heavy atom. The molecule has 0 aliphatic carbocycles. The molecule has 0 bridgehead atoms. The minimum absolute atomic E-state index is 0.457. The van der Waals surface area contributed by atoms with Crippen molar-refractivity contribution >= 4 is 16.1 Å². The van der Waals surface area contributed by atoms with Gasteiger partial charge in [0, 0.05) is 0 Å². The number of alkyl halides is 3. The second-order valence-corrected chi connectivity index (χ2v) is 4.21. The summed E-state index contributed by atoms with van der Waals surface area (Å²) in [6, 6.07) is 1.56. The van der Waals surface area contributed by atoms with Gasteiger partial charge in [0.05, 0.1) is 6.20 Å². The van der Waals surface area contributed by atoms with Crippen LogP contribution in [0.3, 0.4) is 0 Å². The highest BCUT2D eigenvalue weighted by molar-refractivity contribution is 7.87. The van der Waals surface area contributed by atoms with Gasteiger partial charge in [0.25, 0.3) is 0 Å². The summed E-state index contributed by atoms with van der Waals surface area (Å²) in [7, 11) is -5.77. The van der Waals surface area contributed by atoms with Gasteiger partial charge in [0.2, 0.25) is 0 Å². The monoisotopic (exact) mass is 271 g/mol. The molecule has 1 aromatic rings. The minimum atomic E-state index is -5.77. The van der Waals surface area contributed by atoms with Crippen LogP contribution in [0.2, 0.25) is 0 Å². The highest BCUT2D eigenvalue weighted by Crippen LogP contribution is 2.26. The molecule has 0 unspecified atom stereocenters. The highest BCUT2D eigenvalue weighted by atomic mass is 32.2. The van der Waals surface area contributed by atoms with Gasteiger partial charge in [-0.2, -0.15) is 21.6 Å². The number of carbonyl (C=O) groups is 1. The highest BCUT2D eigenvalue weighted by Gasteiger charge is 2.48. The van der Waals surface area contributed by atoms with Crippen molar-refractivity contribution < 1.29 is 35.7 Å². The molecule has 0 fully saturated rings. The predicted molar refractivity (Wildman–Crippen MR) is 46.8 cm³/mol. The zero-order chi connectivity index (χ0) is 13.3. The first-order chi connectivity index (χ1) is 7.63. The molecular weight excluding hydrogens is 267 g/mol. The summed E-state index contributed by atoms with van der Waals surface area (Å²) in [4.78, 5) is 13.5. The van der Waals surface area contributed by atoms with E-state index in [1.807, 2.05) is 0 Å². The number of aromatic carboxylic acids is 1. The predicted octanol–water partition coefficient (Wildman–Crippen LogP) is 1.01. The van der Waals surface area contributed by atoms with Crippen LogP contribution in [0.4, 0.5) is 13.2 Å². The lowest BCUT2D eigenvalue weighted by molar-refractivity contribution is -0.0500. The molecule has 1 rings (SSSR count). The summed E-state index contributed by atoms with van der Waals surface area (Å²) in [6.45, 7) is 0. The van der Waals surface area contributed by atoms with Gasteiger partial charge in [-0.05, 0) is 12.1 Å². The van der Waals surface area contributed by atoms with E-state index in [2.05, 4.69) is 9.17 Å². The number of aromatic nitrogens is 1. The average molecular weight is 271 g/mol. The molecule has 10 heteroatoms. The van der Waals surface area contributed by atoms with Crippen molar-refractivity contribution in [2.45, 2.75) is 5.51 Å². The maximum Gasteiger partial charge on any atom is 0.534 e. The summed E-state index contributed by atoms with van der Waals surface area (Å²) < 4.78 is 60.5. The van der Waals surface area contributed by atoms with E-state index in [0.717, 1.165) is 12.1 Å². The van der Waals surface area contributed by atoms with Crippen molar-refractivity contribution in [3.05, 3.63) is 24.0 Å². The molecule has 0 spiro atoms. The summed E-state index contributed by atoms with van der Waals surface area (Å²) >= 11 is 0. The minimum Gasteiger partial charge on any atom is -0.477 e. The third kappa shape index (κ3) is 3.06. The molecule has 0 saturated heterocycles. The summed E-state index contributed by atoms with van der Waals surface area (Å²) in [6.07, 6.45) is 0.562. The average Bonchev–Trinajstić information content (AvgIpc) is 2.16. The van der Waals surface area contributed by atoms with Gasteiger partial charge in [0.15, 0.2) is 5.75 Å². The van der Waals surface area contributed by atoms with E-state index in [0.29, 0.717) is 6.20 Å². The van der Waals surface area contributed by atoms with E-state index < -0.39 is 33.0 Å². The lowest BCUT2D eigenvalue weighted by Gasteiger charge is -2.08. The zero-order valence-electron chi connectivity index (χ0n) is 7.80. The van der Waals surface area contributed by atoms with Gasteiger partial charge in [-0.15, -0.1) is 0 Å². The molecule has 1 aromatic heterocycles. The molecule has 0 amide bonds. The van der Waals surface area contributed by atoms with Crippen LogP contribution in [0, 0.1) is 0 Å². The molecule has 17 heavy (non-hydrogen) atoms. The first-order valence-corrected chi connectivity index (χ1v) is 5.24. The van der Waals surface area contributed by atoms with Gasteiger partial charge in [0.1, 0.15) is 5.69 Å². The molecule has 6 nitrogen and oxygen atoms in total. The van der Waals surface area contributed by atoms with Crippen molar-refractivity contribution in [1.82, 2.24) is 4.98 Å². The van der Waals surface area contributed by atoms with Gasteiger partial charge in [-0.1, -0.05) is 0 Å². The Kier molecular flexibility index (Phi) is 3.27. The van der Waals surface area contributed by atoms with Crippen LogP contribution in [0.5, 0.6) is 5.75 Å².